The van der Waals surface area contributed by atoms with Gasteiger partial charge in [0.05, 0.1) is 6.26 Å². The monoisotopic (exact) mass is 476 g/mol. The fourth-order valence-corrected chi connectivity index (χ4v) is 3.19. The van der Waals surface area contributed by atoms with Gasteiger partial charge in [0.25, 0.3) is 0 Å². The number of amides is 1. The lowest BCUT2D eigenvalue weighted by atomic mass is 9.97. The topological polar surface area (TPSA) is 61.1 Å². The number of nitrogens with zero attached hydrogens (tertiary/aromatic N) is 3. The Hall–Kier alpha value is -1.25. The number of halogens is 1. The predicted octanol–water partition coefficient (Wildman–Crippen LogP) is 2.84. The molecule has 7 heteroatoms. The molecule has 1 N–H and O–H groups in total. The van der Waals surface area contributed by atoms with E-state index in [1.165, 1.54) is 12.8 Å². The highest BCUT2D eigenvalue weighted by atomic mass is 127. The second-order valence-corrected chi connectivity index (χ2v) is 7.41. The summed E-state index contributed by atoms with van der Waals surface area (Å²) in [6, 6.07) is 3.87. The minimum atomic E-state index is 0. The maximum Gasteiger partial charge on any atom is 0.243 e. The summed E-state index contributed by atoms with van der Waals surface area (Å²) in [5, 5.41) is 3.41. The third-order valence-corrected chi connectivity index (χ3v) is 4.49. The molecule has 26 heavy (non-hydrogen) atoms. The Kier molecular flexibility index (Phi) is 10.0. The molecule has 1 amide bonds. The Morgan fingerprint density at radius 2 is 2.23 bits per heavy atom. The summed E-state index contributed by atoms with van der Waals surface area (Å²) in [5.74, 6) is 3.24. The SMILES string of the molecule is CC(C)CC1CCN(C(=NCC(=O)N(C)C)NCCc2ccco2)C1.I. The van der Waals surface area contributed by atoms with Crippen molar-refractivity contribution in [2.24, 2.45) is 16.8 Å². The first-order valence-corrected chi connectivity index (χ1v) is 9.21. The van der Waals surface area contributed by atoms with E-state index in [0.29, 0.717) is 11.8 Å². The van der Waals surface area contributed by atoms with Gasteiger partial charge in [-0.15, -0.1) is 24.0 Å². The summed E-state index contributed by atoms with van der Waals surface area (Å²) in [5.41, 5.74) is 0. The molecule has 1 aromatic heterocycles. The van der Waals surface area contributed by atoms with Gasteiger partial charge in [0.1, 0.15) is 12.3 Å². The zero-order chi connectivity index (χ0) is 18.2. The van der Waals surface area contributed by atoms with Crippen LogP contribution < -0.4 is 5.32 Å². The third kappa shape index (κ3) is 7.55. The molecule has 0 saturated carbocycles. The van der Waals surface area contributed by atoms with Gasteiger partial charge in [0.15, 0.2) is 5.96 Å². The second kappa shape index (κ2) is 11.5. The minimum Gasteiger partial charge on any atom is -0.469 e. The fraction of sp³-hybridized carbons (Fsp3) is 0.684. The van der Waals surface area contributed by atoms with Crippen molar-refractivity contribution in [1.29, 1.82) is 0 Å². The summed E-state index contributed by atoms with van der Waals surface area (Å²) in [6.45, 7) is 7.49. The quantitative estimate of drug-likeness (QED) is 0.374. The van der Waals surface area contributed by atoms with E-state index in [1.54, 1.807) is 25.3 Å². The molecule has 1 aliphatic heterocycles. The maximum atomic E-state index is 11.9. The summed E-state index contributed by atoms with van der Waals surface area (Å²) in [7, 11) is 3.52. The standard InChI is InChI=1S/C19H32N4O2.HI/c1-15(2)12-16-8-10-23(14-16)19(21-13-18(24)22(3)4)20-9-7-17-6-5-11-25-17;/h5-6,11,15-16H,7-10,12-14H2,1-4H3,(H,20,21);1H. The van der Waals surface area contributed by atoms with Crippen molar-refractivity contribution in [1.82, 2.24) is 15.1 Å². The van der Waals surface area contributed by atoms with Gasteiger partial charge in [-0.05, 0) is 36.8 Å². The molecule has 0 bridgehead atoms. The summed E-state index contributed by atoms with van der Waals surface area (Å²) < 4.78 is 5.38. The molecule has 1 fully saturated rings. The van der Waals surface area contributed by atoms with Gasteiger partial charge in [0.2, 0.25) is 5.91 Å². The molecule has 2 rings (SSSR count). The number of aliphatic imine (C=N–C) groups is 1. The average Bonchev–Trinajstić information content (AvgIpc) is 3.21. The highest BCUT2D eigenvalue weighted by molar-refractivity contribution is 14.0. The van der Waals surface area contributed by atoms with Crippen LogP contribution in [0.15, 0.2) is 27.8 Å². The van der Waals surface area contributed by atoms with Crippen molar-refractivity contribution in [2.45, 2.75) is 33.1 Å². The molecule has 0 spiro atoms. The molecule has 1 saturated heterocycles. The number of hydrogen-bond donors (Lipinski definition) is 1. The van der Waals surface area contributed by atoms with Gasteiger partial charge in [0, 0.05) is 40.2 Å². The van der Waals surface area contributed by atoms with Crippen molar-refractivity contribution >= 4 is 35.8 Å². The lowest BCUT2D eigenvalue weighted by Gasteiger charge is -2.22. The van der Waals surface area contributed by atoms with Gasteiger partial charge in [-0.2, -0.15) is 0 Å². The van der Waals surface area contributed by atoms with E-state index in [1.807, 2.05) is 12.1 Å². The van der Waals surface area contributed by atoms with Crippen LogP contribution in [-0.4, -0.2) is 61.9 Å². The Labute approximate surface area is 174 Å². The van der Waals surface area contributed by atoms with Gasteiger partial charge in [-0.25, -0.2) is 4.99 Å². The van der Waals surface area contributed by atoms with E-state index in [0.717, 1.165) is 37.8 Å². The highest BCUT2D eigenvalue weighted by Gasteiger charge is 2.25. The predicted molar refractivity (Wildman–Crippen MR) is 116 cm³/mol. The summed E-state index contributed by atoms with van der Waals surface area (Å²) >= 11 is 0. The van der Waals surface area contributed by atoms with E-state index >= 15 is 0 Å². The molecule has 0 aliphatic carbocycles. The number of nitrogens with one attached hydrogen (secondary N) is 1. The van der Waals surface area contributed by atoms with E-state index in [-0.39, 0.29) is 36.4 Å². The number of guanidine groups is 1. The van der Waals surface area contributed by atoms with Crippen molar-refractivity contribution < 1.29 is 9.21 Å². The van der Waals surface area contributed by atoms with E-state index in [2.05, 4.69) is 29.1 Å². The fourth-order valence-electron chi connectivity index (χ4n) is 3.19. The summed E-state index contributed by atoms with van der Waals surface area (Å²) in [6.07, 6.45) is 4.93. The Morgan fingerprint density at radius 1 is 1.46 bits per heavy atom. The zero-order valence-electron chi connectivity index (χ0n) is 16.4. The molecule has 1 unspecified atom stereocenters. The molecular weight excluding hydrogens is 443 g/mol. The van der Waals surface area contributed by atoms with Crippen molar-refractivity contribution in [3.8, 4) is 0 Å². The van der Waals surface area contributed by atoms with Gasteiger partial charge >= 0.3 is 0 Å². The number of likely N-dealkylation sites (tertiary alicyclic amines) is 1. The van der Waals surface area contributed by atoms with Crippen LogP contribution in [-0.2, 0) is 11.2 Å². The van der Waals surface area contributed by atoms with Crippen molar-refractivity contribution in [2.75, 3.05) is 40.3 Å². The highest BCUT2D eigenvalue weighted by Crippen LogP contribution is 2.23. The van der Waals surface area contributed by atoms with Crippen molar-refractivity contribution in [3.63, 3.8) is 0 Å². The average molecular weight is 476 g/mol. The number of furan rings is 1. The Bertz CT molecular complexity index is 558. The number of likely N-dealkylation sites (N-methyl/N-ethyl adjacent to an activating group) is 1. The number of carbonyl (C=O) groups is 1. The van der Waals surface area contributed by atoms with E-state index in [9.17, 15) is 4.79 Å². The third-order valence-electron chi connectivity index (χ3n) is 4.49. The van der Waals surface area contributed by atoms with Crippen LogP contribution in [0.2, 0.25) is 0 Å². The largest absolute Gasteiger partial charge is 0.469 e. The lowest BCUT2D eigenvalue weighted by molar-refractivity contribution is -0.127. The van der Waals surface area contributed by atoms with Gasteiger partial charge in [-0.1, -0.05) is 13.8 Å². The van der Waals surface area contributed by atoms with E-state index in [4.69, 9.17) is 4.42 Å². The summed E-state index contributed by atoms with van der Waals surface area (Å²) in [4.78, 5) is 20.3. The molecule has 1 atom stereocenters. The maximum absolute atomic E-state index is 11.9. The van der Waals surface area contributed by atoms with Gasteiger partial charge in [-0.3, -0.25) is 4.79 Å². The number of hydrogen-bond acceptors (Lipinski definition) is 3. The zero-order valence-corrected chi connectivity index (χ0v) is 18.7. The first kappa shape index (κ1) is 22.8. The number of rotatable bonds is 7. The Balaban J connectivity index is 0.00000338. The smallest absolute Gasteiger partial charge is 0.243 e. The minimum absolute atomic E-state index is 0. The molecule has 2 heterocycles. The molecule has 148 valence electrons. The van der Waals surface area contributed by atoms with Crippen LogP contribution in [0.3, 0.4) is 0 Å². The normalized spacial score (nSPS) is 17.3. The van der Waals surface area contributed by atoms with Crippen LogP contribution in [0, 0.1) is 11.8 Å². The van der Waals surface area contributed by atoms with Crippen LogP contribution in [0.1, 0.15) is 32.4 Å². The molecule has 1 aromatic rings. The van der Waals surface area contributed by atoms with Crippen LogP contribution >= 0.6 is 24.0 Å². The van der Waals surface area contributed by atoms with Crippen molar-refractivity contribution in [3.05, 3.63) is 24.2 Å². The molecule has 1 aliphatic rings. The number of carbonyl (C=O) groups excluding carboxylic acids is 1. The van der Waals surface area contributed by atoms with Crippen LogP contribution in [0.25, 0.3) is 0 Å². The molecule has 0 radical (unpaired) electrons. The lowest BCUT2D eigenvalue weighted by Crippen LogP contribution is -2.42. The molecule has 6 nitrogen and oxygen atoms in total. The second-order valence-electron chi connectivity index (χ2n) is 7.41. The molecule has 0 aromatic carbocycles. The van der Waals surface area contributed by atoms with Crippen LogP contribution in [0.4, 0.5) is 0 Å². The Morgan fingerprint density at radius 3 is 2.85 bits per heavy atom. The van der Waals surface area contributed by atoms with Crippen LogP contribution in [0.5, 0.6) is 0 Å². The van der Waals surface area contributed by atoms with E-state index < -0.39 is 0 Å². The first-order chi connectivity index (χ1) is 12.0. The molecular formula is C19H33IN4O2. The first-order valence-electron chi connectivity index (χ1n) is 9.21. The van der Waals surface area contributed by atoms with Gasteiger partial charge < -0.3 is 19.5 Å².